The normalized spacial score (nSPS) is 12.3. The van der Waals surface area contributed by atoms with Crippen LogP contribution < -0.4 is 10.5 Å². The van der Waals surface area contributed by atoms with Crippen LogP contribution in [-0.2, 0) is 21.2 Å². The maximum atomic E-state index is 12.9. The molecule has 0 saturated carbocycles. The second-order valence-corrected chi connectivity index (χ2v) is 11.4. The van der Waals surface area contributed by atoms with Gasteiger partial charge in [-0.2, -0.15) is 0 Å². The molecule has 1 amide bonds. The lowest BCUT2D eigenvalue weighted by molar-refractivity contribution is -0.115. The number of hydrogen-bond acceptors (Lipinski definition) is 6. The molecule has 3 aromatic carbocycles. The highest BCUT2D eigenvalue weighted by Gasteiger charge is 2.22. The molecule has 1 atom stereocenters. The van der Waals surface area contributed by atoms with Gasteiger partial charge in [0.05, 0.1) is 15.8 Å². The number of nitrogens with zero attached hydrogens (tertiary/aromatic N) is 3. The average Bonchev–Trinajstić information content (AvgIpc) is 3.21. The third-order valence-electron chi connectivity index (χ3n) is 5.60. The van der Waals surface area contributed by atoms with Crippen LogP contribution in [0.25, 0.3) is 5.69 Å². The third-order valence-corrected chi connectivity index (χ3v) is 7.57. The first-order chi connectivity index (χ1) is 17.1. The van der Waals surface area contributed by atoms with Crippen LogP contribution in [0.4, 0.5) is 5.69 Å². The van der Waals surface area contributed by atoms with Gasteiger partial charge >= 0.3 is 0 Å². The highest BCUT2D eigenvalue weighted by molar-refractivity contribution is 8.00. The SMILES string of the molecule is Cc1ccc(-n2c(Cc3ccccc3)nnc2SC(C)C(=O)Nc2ccc(S(N)(=O)=O)cc2)c(C)c1. The summed E-state index contributed by atoms with van der Waals surface area (Å²) < 4.78 is 24.9. The average molecular weight is 522 g/mol. The molecule has 4 rings (SSSR count). The summed E-state index contributed by atoms with van der Waals surface area (Å²) in [7, 11) is -3.80. The van der Waals surface area contributed by atoms with E-state index in [9.17, 15) is 13.2 Å². The van der Waals surface area contributed by atoms with Crippen molar-refractivity contribution in [1.82, 2.24) is 14.8 Å². The molecule has 10 heteroatoms. The summed E-state index contributed by atoms with van der Waals surface area (Å²) in [6.45, 7) is 5.88. The van der Waals surface area contributed by atoms with Crippen LogP contribution in [0.1, 0.15) is 29.4 Å². The summed E-state index contributed by atoms with van der Waals surface area (Å²) in [5, 5.41) is 17.0. The van der Waals surface area contributed by atoms with E-state index in [0.717, 1.165) is 28.2 Å². The van der Waals surface area contributed by atoms with Crippen molar-refractivity contribution in [3.05, 3.63) is 95.3 Å². The molecule has 186 valence electrons. The van der Waals surface area contributed by atoms with Crippen LogP contribution in [0.3, 0.4) is 0 Å². The molecule has 8 nitrogen and oxygen atoms in total. The molecule has 0 bridgehead atoms. The summed E-state index contributed by atoms with van der Waals surface area (Å²) in [4.78, 5) is 12.9. The molecule has 0 radical (unpaired) electrons. The van der Waals surface area contributed by atoms with E-state index in [1.165, 1.54) is 36.0 Å². The highest BCUT2D eigenvalue weighted by Crippen LogP contribution is 2.29. The van der Waals surface area contributed by atoms with Gasteiger partial charge in [0.25, 0.3) is 0 Å². The molecular formula is C26H27N5O3S2. The summed E-state index contributed by atoms with van der Waals surface area (Å²) in [6, 6.07) is 22.0. The number of aromatic nitrogens is 3. The van der Waals surface area contributed by atoms with E-state index >= 15 is 0 Å². The number of primary sulfonamides is 1. The monoisotopic (exact) mass is 521 g/mol. The fourth-order valence-electron chi connectivity index (χ4n) is 3.75. The lowest BCUT2D eigenvalue weighted by Gasteiger charge is -2.16. The first-order valence-electron chi connectivity index (χ1n) is 11.3. The molecule has 4 aromatic rings. The molecule has 36 heavy (non-hydrogen) atoms. The van der Waals surface area contributed by atoms with Crippen molar-refractivity contribution < 1.29 is 13.2 Å². The second kappa shape index (κ2) is 10.7. The Kier molecular flexibility index (Phi) is 7.58. The van der Waals surface area contributed by atoms with Crippen LogP contribution in [-0.4, -0.2) is 34.3 Å². The lowest BCUT2D eigenvalue weighted by Crippen LogP contribution is -2.23. The minimum atomic E-state index is -3.80. The number of anilines is 1. The largest absolute Gasteiger partial charge is 0.325 e. The van der Waals surface area contributed by atoms with Gasteiger partial charge in [-0.3, -0.25) is 9.36 Å². The predicted molar refractivity (Wildman–Crippen MR) is 142 cm³/mol. The van der Waals surface area contributed by atoms with E-state index in [2.05, 4.69) is 21.6 Å². The number of carbonyl (C=O) groups excluding carboxylic acids is 1. The maximum Gasteiger partial charge on any atom is 0.238 e. The summed E-state index contributed by atoms with van der Waals surface area (Å²) in [5.41, 5.74) is 4.79. The molecule has 0 aliphatic carbocycles. The number of carbonyl (C=O) groups is 1. The summed E-state index contributed by atoms with van der Waals surface area (Å²) >= 11 is 1.31. The quantitative estimate of drug-likeness (QED) is 0.335. The Hall–Kier alpha value is -3.47. The van der Waals surface area contributed by atoms with Gasteiger partial charge in [0.1, 0.15) is 5.82 Å². The van der Waals surface area contributed by atoms with E-state index in [4.69, 9.17) is 5.14 Å². The van der Waals surface area contributed by atoms with Crippen molar-refractivity contribution in [2.24, 2.45) is 5.14 Å². The predicted octanol–water partition coefficient (Wildman–Crippen LogP) is 4.24. The van der Waals surface area contributed by atoms with Crippen LogP contribution in [0.5, 0.6) is 0 Å². The maximum absolute atomic E-state index is 12.9. The summed E-state index contributed by atoms with van der Waals surface area (Å²) in [5.74, 6) is 0.532. The Balaban J connectivity index is 1.59. The number of nitrogens with two attached hydrogens (primary N) is 1. The van der Waals surface area contributed by atoms with Gasteiger partial charge in [-0.05, 0) is 62.2 Å². The zero-order valence-electron chi connectivity index (χ0n) is 20.2. The number of aryl methyl sites for hydroxylation is 2. The molecule has 0 fully saturated rings. The molecule has 1 aromatic heterocycles. The van der Waals surface area contributed by atoms with E-state index in [-0.39, 0.29) is 10.8 Å². The number of thioether (sulfide) groups is 1. The van der Waals surface area contributed by atoms with Gasteiger partial charge in [0.2, 0.25) is 15.9 Å². The van der Waals surface area contributed by atoms with Crippen molar-refractivity contribution in [3.63, 3.8) is 0 Å². The van der Waals surface area contributed by atoms with E-state index in [1.54, 1.807) is 6.92 Å². The van der Waals surface area contributed by atoms with Crippen molar-refractivity contribution in [3.8, 4) is 5.69 Å². The number of amides is 1. The van der Waals surface area contributed by atoms with Gasteiger partial charge in [-0.15, -0.1) is 10.2 Å². The van der Waals surface area contributed by atoms with Gasteiger partial charge in [0.15, 0.2) is 5.16 Å². The van der Waals surface area contributed by atoms with Crippen LogP contribution in [0, 0.1) is 13.8 Å². The van der Waals surface area contributed by atoms with E-state index in [1.807, 2.05) is 60.9 Å². The number of hydrogen-bond donors (Lipinski definition) is 2. The van der Waals surface area contributed by atoms with E-state index in [0.29, 0.717) is 17.3 Å². The standard InChI is InChI=1S/C26H27N5O3S2/c1-17-9-14-23(18(2)15-17)31-24(16-20-7-5-4-6-8-20)29-30-26(31)35-19(3)25(32)28-21-10-12-22(13-11-21)36(27,33)34/h4-15,19H,16H2,1-3H3,(H,28,32)(H2,27,33,34). The van der Waals surface area contributed by atoms with Crippen molar-refractivity contribution in [2.75, 3.05) is 5.32 Å². The lowest BCUT2D eigenvalue weighted by atomic mass is 10.1. The van der Waals surface area contributed by atoms with Gasteiger partial charge < -0.3 is 5.32 Å². The van der Waals surface area contributed by atoms with Crippen molar-refractivity contribution >= 4 is 33.4 Å². The molecule has 0 aliphatic heterocycles. The number of sulfonamides is 1. The molecule has 0 aliphatic rings. The number of rotatable bonds is 8. The Bertz CT molecular complexity index is 1480. The van der Waals surface area contributed by atoms with E-state index < -0.39 is 15.3 Å². The molecule has 1 unspecified atom stereocenters. The molecular weight excluding hydrogens is 494 g/mol. The summed E-state index contributed by atoms with van der Waals surface area (Å²) in [6.07, 6.45) is 0.596. The Labute approximate surface area is 215 Å². The molecule has 0 spiro atoms. The molecule has 0 saturated heterocycles. The smallest absolute Gasteiger partial charge is 0.238 e. The zero-order chi connectivity index (χ0) is 25.9. The first-order valence-corrected chi connectivity index (χ1v) is 13.7. The Morgan fingerprint density at radius 1 is 1.03 bits per heavy atom. The van der Waals surface area contributed by atoms with Gasteiger partial charge in [0, 0.05) is 12.1 Å². The Morgan fingerprint density at radius 3 is 2.36 bits per heavy atom. The number of benzene rings is 3. The second-order valence-electron chi connectivity index (χ2n) is 8.51. The van der Waals surface area contributed by atoms with Crippen molar-refractivity contribution in [2.45, 2.75) is 42.5 Å². The van der Waals surface area contributed by atoms with Gasteiger partial charge in [-0.1, -0.05) is 59.8 Å². The van der Waals surface area contributed by atoms with Crippen LogP contribution in [0.2, 0.25) is 0 Å². The van der Waals surface area contributed by atoms with Gasteiger partial charge in [-0.25, -0.2) is 13.6 Å². The fourth-order valence-corrected chi connectivity index (χ4v) is 5.15. The zero-order valence-corrected chi connectivity index (χ0v) is 21.8. The molecule has 3 N–H and O–H groups in total. The third kappa shape index (κ3) is 6.01. The van der Waals surface area contributed by atoms with Crippen LogP contribution >= 0.6 is 11.8 Å². The topological polar surface area (TPSA) is 120 Å². The minimum absolute atomic E-state index is 0.0181. The molecule has 1 heterocycles. The number of nitrogens with one attached hydrogen (secondary N) is 1. The first kappa shape index (κ1) is 25.6. The van der Waals surface area contributed by atoms with Crippen LogP contribution in [0.15, 0.2) is 82.8 Å². The highest BCUT2D eigenvalue weighted by atomic mass is 32.2. The van der Waals surface area contributed by atoms with Crippen molar-refractivity contribution in [1.29, 1.82) is 0 Å². The minimum Gasteiger partial charge on any atom is -0.325 e. The fraction of sp³-hybridized carbons (Fsp3) is 0.192. The Morgan fingerprint density at radius 2 is 1.72 bits per heavy atom.